The summed E-state index contributed by atoms with van der Waals surface area (Å²) in [6.45, 7) is 3.77. The van der Waals surface area contributed by atoms with E-state index in [0.717, 1.165) is 11.3 Å². The SMILES string of the molecule is CCOc1cc(C2C(C#N)=C(N)Oc3n[nH]c(C)c32)ccc1OCC(=O)Nc1ccc(Cl)c(Cl)c1. The first-order valence-corrected chi connectivity index (χ1v) is 11.3. The number of hydrogen-bond acceptors (Lipinski definition) is 7. The molecule has 4 rings (SSSR count). The lowest BCUT2D eigenvalue weighted by Crippen LogP contribution is -2.21. The van der Waals surface area contributed by atoms with Crippen LogP contribution < -0.4 is 25.3 Å². The highest BCUT2D eigenvalue weighted by atomic mass is 35.5. The van der Waals surface area contributed by atoms with Crippen molar-refractivity contribution in [3.8, 4) is 23.4 Å². The summed E-state index contributed by atoms with van der Waals surface area (Å²) in [5.41, 5.74) is 8.95. The van der Waals surface area contributed by atoms with E-state index in [4.69, 9.17) is 43.1 Å². The largest absolute Gasteiger partial charge is 0.490 e. The minimum atomic E-state index is -0.506. The molecule has 2 aromatic carbocycles. The van der Waals surface area contributed by atoms with Crippen molar-refractivity contribution in [1.82, 2.24) is 10.2 Å². The number of carbonyl (C=O) groups excluding carboxylic acids is 1. The molecule has 0 spiro atoms. The van der Waals surface area contributed by atoms with Gasteiger partial charge in [0.15, 0.2) is 18.1 Å². The average molecular weight is 514 g/mol. The maximum absolute atomic E-state index is 12.4. The standard InChI is InChI=1S/C24H21Cl2N5O4/c1-3-33-19-8-13(22-15(10-27)23(28)35-24-21(22)12(2)30-31-24)4-7-18(19)34-11-20(32)29-14-5-6-16(25)17(26)9-14/h4-9,22H,3,11,28H2,1-2H3,(H,29,32)(H,30,31). The second kappa shape index (κ2) is 10.2. The fraction of sp³-hybridized carbons (Fsp3) is 0.208. The number of hydrogen-bond donors (Lipinski definition) is 3. The molecule has 0 saturated carbocycles. The van der Waals surface area contributed by atoms with Crippen LogP contribution >= 0.6 is 23.2 Å². The Labute approximate surface area is 211 Å². The number of aromatic nitrogens is 2. The van der Waals surface area contributed by atoms with Gasteiger partial charge < -0.3 is 25.3 Å². The van der Waals surface area contributed by atoms with Crippen LogP contribution in [-0.4, -0.2) is 29.3 Å². The quantitative estimate of drug-likeness (QED) is 0.417. The summed E-state index contributed by atoms with van der Waals surface area (Å²) < 4.78 is 17.0. The molecule has 1 unspecified atom stereocenters. The van der Waals surface area contributed by atoms with Gasteiger partial charge in [-0.05, 0) is 49.7 Å². The van der Waals surface area contributed by atoms with E-state index in [-0.39, 0.29) is 24.0 Å². The zero-order valence-corrected chi connectivity index (χ0v) is 20.3. The zero-order chi connectivity index (χ0) is 25.1. The van der Waals surface area contributed by atoms with Crippen LogP contribution in [-0.2, 0) is 4.79 Å². The molecule has 1 aliphatic rings. The van der Waals surface area contributed by atoms with Crippen molar-refractivity contribution in [2.45, 2.75) is 19.8 Å². The second-order valence-corrected chi connectivity index (χ2v) is 8.41. The number of H-pyrrole nitrogens is 1. The molecular weight excluding hydrogens is 493 g/mol. The van der Waals surface area contributed by atoms with Crippen LogP contribution in [0.4, 0.5) is 5.69 Å². The number of aromatic amines is 1. The number of rotatable bonds is 7. The molecule has 180 valence electrons. The Bertz CT molecular complexity index is 1360. The van der Waals surface area contributed by atoms with Gasteiger partial charge in [0.25, 0.3) is 5.91 Å². The molecule has 0 radical (unpaired) electrons. The predicted octanol–water partition coefficient (Wildman–Crippen LogP) is 4.66. The summed E-state index contributed by atoms with van der Waals surface area (Å²) in [4.78, 5) is 12.4. The highest BCUT2D eigenvalue weighted by Crippen LogP contribution is 2.44. The third-order valence-corrected chi connectivity index (χ3v) is 6.03. The van der Waals surface area contributed by atoms with Crippen molar-refractivity contribution in [2.75, 3.05) is 18.5 Å². The first-order valence-electron chi connectivity index (χ1n) is 10.6. The van der Waals surface area contributed by atoms with Crippen LogP contribution in [0.2, 0.25) is 10.0 Å². The topological polar surface area (TPSA) is 135 Å². The molecule has 1 amide bonds. The fourth-order valence-electron chi connectivity index (χ4n) is 3.74. The molecule has 0 aliphatic carbocycles. The smallest absolute Gasteiger partial charge is 0.262 e. The molecule has 9 nitrogen and oxygen atoms in total. The van der Waals surface area contributed by atoms with Crippen LogP contribution in [0.5, 0.6) is 17.4 Å². The van der Waals surface area contributed by atoms with E-state index >= 15 is 0 Å². The summed E-state index contributed by atoms with van der Waals surface area (Å²) in [6.07, 6.45) is 0. The van der Waals surface area contributed by atoms with Gasteiger partial charge in [-0.3, -0.25) is 9.89 Å². The van der Waals surface area contributed by atoms with E-state index in [2.05, 4.69) is 21.6 Å². The summed E-state index contributed by atoms with van der Waals surface area (Å²) in [7, 11) is 0. The molecule has 35 heavy (non-hydrogen) atoms. The number of aryl methyl sites for hydroxylation is 1. The van der Waals surface area contributed by atoms with Crippen molar-refractivity contribution < 1.29 is 19.0 Å². The summed E-state index contributed by atoms with van der Waals surface area (Å²) >= 11 is 11.9. The van der Waals surface area contributed by atoms with Crippen molar-refractivity contribution in [3.63, 3.8) is 0 Å². The number of benzene rings is 2. The summed E-state index contributed by atoms with van der Waals surface area (Å²) in [5, 5.41) is 20.2. The minimum Gasteiger partial charge on any atom is -0.490 e. The fourth-order valence-corrected chi connectivity index (χ4v) is 4.04. The molecular formula is C24H21Cl2N5O4. The number of halogens is 2. The Morgan fingerprint density at radius 2 is 2.03 bits per heavy atom. The number of ether oxygens (including phenoxy) is 3. The van der Waals surface area contributed by atoms with Gasteiger partial charge in [0.2, 0.25) is 11.8 Å². The van der Waals surface area contributed by atoms with Crippen LogP contribution in [0.3, 0.4) is 0 Å². The van der Waals surface area contributed by atoms with Gasteiger partial charge in [0.1, 0.15) is 11.6 Å². The molecule has 1 aromatic heterocycles. The van der Waals surface area contributed by atoms with Gasteiger partial charge in [0.05, 0.1) is 22.6 Å². The lowest BCUT2D eigenvalue weighted by atomic mass is 9.84. The number of nitrogens with two attached hydrogens (primary N) is 1. The molecule has 2 heterocycles. The van der Waals surface area contributed by atoms with E-state index in [9.17, 15) is 10.1 Å². The van der Waals surface area contributed by atoms with Crippen LogP contribution in [0.1, 0.15) is 29.7 Å². The van der Waals surface area contributed by atoms with E-state index in [1.54, 1.807) is 36.4 Å². The molecule has 1 aliphatic heterocycles. The molecule has 11 heteroatoms. The zero-order valence-electron chi connectivity index (χ0n) is 18.8. The molecule has 0 bridgehead atoms. The van der Waals surface area contributed by atoms with E-state index in [1.165, 1.54) is 0 Å². The number of carbonyl (C=O) groups is 1. The number of nitrogens with one attached hydrogen (secondary N) is 2. The van der Waals surface area contributed by atoms with E-state index in [0.29, 0.717) is 45.3 Å². The van der Waals surface area contributed by atoms with Crippen molar-refractivity contribution in [1.29, 1.82) is 5.26 Å². The van der Waals surface area contributed by atoms with Crippen molar-refractivity contribution >= 4 is 34.8 Å². The number of nitriles is 1. The maximum atomic E-state index is 12.4. The normalized spacial score (nSPS) is 14.5. The van der Waals surface area contributed by atoms with E-state index in [1.807, 2.05) is 13.8 Å². The first kappa shape index (κ1) is 24.3. The molecule has 4 N–H and O–H groups in total. The monoisotopic (exact) mass is 513 g/mol. The van der Waals surface area contributed by atoms with Crippen molar-refractivity contribution in [3.05, 3.63) is 74.7 Å². The van der Waals surface area contributed by atoms with Crippen LogP contribution in [0, 0.1) is 18.3 Å². The molecule has 0 fully saturated rings. The number of nitrogens with zero attached hydrogens (tertiary/aromatic N) is 2. The second-order valence-electron chi connectivity index (χ2n) is 7.60. The van der Waals surface area contributed by atoms with Crippen LogP contribution in [0.15, 0.2) is 47.9 Å². The Morgan fingerprint density at radius 3 is 2.74 bits per heavy atom. The van der Waals surface area contributed by atoms with Gasteiger partial charge in [-0.15, -0.1) is 5.10 Å². The first-order chi connectivity index (χ1) is 16.8. The molecule has 1 atom stereocenters. The number of amides is 1. The number of allylic oxidation sites excluding steroid dienone is 1. The van der Waals surface area contributed by atoms with Gasteiger partial charge >= 0.3 is 0 Å². The van der Waals surface area contributed by atoms with Gasteiger partial charge in [-0.1, -0.05) is 29.3 Å². The van der Waals surface area contributed by atoms with Gasteiger partial charge in [-0.25, -0.2) is 0 Å². The maximum Gasteiger partial charge on any atom is 0.262 e. The minimum absolute atomic E-state index is 0.00578. The number of anilines is 1. The van der Waals surface area contributed by atoms with Crippen molar-refractivity contribution in [2.24, 2.45) is 5.73 Å². The van der Waals surface area contributed by atoms with Gasteiger partial charge in [-0.2, -0.15) is 5.26 Å². The Balaban J connectivity index is 1.57. The summed E-state index contributed by atoms with van der Waals surface area (Å²) in [5.74, 6) is 0.202. The molecule has 3 aromatic rings. The lowest BCUT2D eigenvalue weighted by molar-refractivity contribution is -0.118. The van der Waals surface area contributed by atoms with Crippen LogP contribution in [0.25, 0.3) is 0 Å². The van der Waals surface area contributed by atoms with Gasteiger partial charge in [0, 0.05) is 16.9 Å². The molecule has 0 saturated heterocycles. The van der Waals surface area contributed by atoms with E-state index < -0.39 is 5.92 Å². The third kappa shape index (κ3) is 4.99. The Morgan fingerprint density at radius 1 is 1.23 bits per heavy atom. The predicted molar refractivity (Wildman–Crippen MR) is 131 cm³/mol. The highest BCUT2D eigenvalue weighted by molar-refractivity contribution is 6.42. The average Bonchev–Trinajstić information content (AvgIpc) is 3.19. The highest BCUT2D eigenvalue weighted by Gasteiger charge is 2.34. The summed E-state index contributed by atoms with van der Waals surface area (Å²) in [6, 6.07) is 12.1. The number of fused-ring (bicyclic) bond motifs is 1. The Hall–Kier alpha value is -3.87. The third-order valence-electron chi connectivity index (χ3n) is 5.29. The lowest BCUT2D eigenvalue weighted by Gasteiger charge is -2.24. The Kier molecular flexibility index (Phi) is 7.05.